The van der Waals surface area contributed by atoms with E-state index in [1.54, 1.807) is 6.20 Å². The Balaban J connectivity index is 1.30. The number of nitrogens with zero attached hydrogens (tertiary/aromatic N) is 2. The van der Waals surface area contributed by atoms with Crippen molar-refractivity contribution in [3.63, 3.8) is 0 Å². The van der Waals surface area contributed by atoms with Crippen LogP contribution in [0.3, 0.4) is 0 Å². The summed E-state index contributed by atoms with van der Waals surface area (Å²) in [5.41, 5.74) is 3.32. The van der Waals surface area contributed by atoms with Gasteiger partial charge in [-0.1, -0.05) is 35.9 Å². The van der Waals surface area contributed by atoms with Crippen molar-refractivity contribution >= 4 is 28.6 Å². The Morgan fingerprint density at radius 1 is 1.03 bits per heavy atom. The van der Waals surface area contributed by atoms with Crippen molar-refractivity contribution in [2.45, 2.75) is 44.2 Å². The van der Waals surface area contributed by atoms with E-state index in [4.69, 9.17) is 16.7 Å². The molecule has 36 heavy (non-hydrogen) atoms. The number of carboxylic acids is 1. The van der Waals surface area contributed by atoms with E-state index < -0.39 is 22.7 Å². The molecule has 0 saturated heterocycles. The first kappa shape index (κ1) is 24.3. The molecule has 0 radical (unpaired) electrons. The zero-order chi connectivity index (χ0) is 25.4. The lowest BCUT2D eigenvalue weighted by Crippen LogP contribution is -2.16. The van der Waals surface area contributed by atoms with Crippen LogP contribution in [0.2, 0.25) is 5.02 Å². The van der Waals surface area contributed by atoms with Crippen molar-refractivity contribution < 1.29 is 23.1 Å². The molecule has 2 aromatic heterocycles. The van der Waals surface area contributed by atoms with Gasteiger partial charge in [-0.25, -0.2) is 4.98 Å². The van der Waals surface area contributed by atoms with Crippen LogP contribution in [-0.2, 0) is 11.0 Å². The maximum absolute atomic E-state index is 13.2. The lowest BCUT2D eigenvalue weighted by Gasteiger charge is -2.28. The van der Waals surface area contributed by atoms with Gasteiger partial charge in [-0.3, -0.25) is 9.78 Å². The van der Waals surface area contributed by atoms with E-state index in [1.165, 1.54) is 11.6 Å². The van der Waals surface area contributed by atoms with Crippen LogP contribution in [0.4, 0.5) is 13.2 Å². The van der Waals surface area contributed by atoms with Gasteiger partial charge in [0.1, 0.15) is 5.82 Å². The highest BCUT2D eigenvalue weighted by molar-refractivity contribution is 6.32. The second kappa shape index (κ2) is 9.58. The second-order valence-electron chi connectivity index (χ2n) is 9.30. The summed E-state index contributed by atoms with van der Waals surface area (Å²) >= 11 is 5.81. The molecule has 186 valence electrons. The minimum Gasteiger partial charge on any atom is -0.481 e. The molecule has 5 rings (SSSR count). The van der Waals surface area contributed by atoms with Gasteiger partial charge in [0.2, 0.25) is 0 Å². The predicted molar refractivity (Wildman–Crippen MR) is 132 cm³/mol. The molecule has 9 heteroatoms. The molecule has 0 atom stereocenters. The fourth-order valence-electron chi connectivity index (χ4n) is 4.96. The molecule has 5 nitrogen and oxygen atoms in total. The Morgan fingerprint density at radius 2 is 1.72 bits per heavy atom. The van der Waals surface area contributed by atoms with Gasteiger partial charge in [0, 0.05) is 23.7 Å². The molecular weight excluding hydrogens is 491 g/mol. The molecular formula is C27H23ClF3N3O2. The van der Waals surface area contributed by atoms with Crippen LogP contribution in [0.5, 0.6) is 0 Å². The zero-order valence-electron chi connectivity index (χ0n) is 19.1. The number of imidazole rings is 1. The summed E-state index contributed by atoms with van der Waals surface area (Å²) in [4.78, 5) is 22.8. The van der Waals surface area contributed by atoms with Crippen LogP contribution in [0.25, 0.3) is 33.7 Å². The minimum atomic E-state index is -4.55. The Kier molecular flexibility index (Phi) is 6.47. The number of aromatic nitrogens is 3. The highest BCUT2D eigenvalue weighted by atomic mass is 35.5. The number of rotatable bonds is 5. The van der Waals surface area contributed by atoms with E-state index in [0.29, 0.717) is 22.8 Å². The zero-order valence-corrected chi connectivity index (χ0v) is 19.9. The molecule has 4 aromatic rings. The molecule has 0 spiro atoms. The Bertz CT molecular complexity index is 1390. The number of carbonyl (C=O) groups is 1. The van der Waals surface area contributed by atoms with Crippen LogP contribution in [0.1, 0.15) is 49.1 Å². The molecule has 0 aliphatic heterocycles. The van der Waals surface area contributed by atoms with Gasteiger partial charge < -0.3 is 10.1 Å². The van der Waals surface area contributed by atoms with Gasteiger partial charge >= 0.3 is 12.1 Å². The van der Waals surface area contributed by atoms with Crippen LogP contribution in [0, 0.1) is 5.92 Å². The lowest BCUT2D eigenvalue weighted by molar-refractivity contribution is -0.138. The highest BCUT2D eigenvalue weighted by Crippen LogP contribution is 2.38. The van der Waals surface area contributed by atoms with E-state index in [0.717, 1.165) is 43.0 Å². The molecule has 2 N–H and O–H groups in total. The summed E-state index contributed by atoms with van der Waals surface area (Å²) in [6.45, 7) is 0. The van der Waals surface area contributed by atoms with E-state index in [2.05, 4.69) is 27.1 Å². The van der Waals surface area contributed by atoms with Crippen molar-refractivity contribution in [1.82, 2.24) is 15.0 Å². The summed E-state index contributed by atoms with van der Waals surface area (Å²) in [6.07, 6.45) is 1.21. The summed E-state index contributed by atoms with van der Waals surface area (Å²) < 4.78 is 39.5. The fraction of sp³-hybridized carbons (Fsp3) is 0.296. The molecule has 0 amide bonds. The molecule has 1 fully saturated rings. The Morgan fingerprint density at radius 3 is 2.33 bits per heavy atom. The number of aromatic amines is 1. The van der Waals surface area contributed by atoms with Gasteiger partial charge in [0.15, 0.2) is 0 Å². The van der Waals surface area contributed by atoms with Gasteiger partial charge in [-0.05, 0) is 67.3 Å². The van der Waals surface area contributed by atoms with Gasteiger partial charge in [-0.15, -0.1) is 0 Å². The normalized spacial score (nSPS) is 18.4. The van der Waals surface area contributed by atoms with Crippen molar-refractivity contribution in [2.24, 2.45) is 5.92 Å². The topological polar surface area (TPSA) is 78.9 Å². The number of hydrogen-bond acceptors (Lipinski definition) is 3. The predicted octanol–water partition coefficient (Wildman–Crippen LogP) is 7.71. The molecule has 1 aliphatic carbocycles. The van der Waals surface area contributed by atoms with E-state index in [1.807, 2.05) is 24.3 Å². The number of alkyl halides is 3. The summed E-state index contributed by atoms with van der Waals surface area (Å²) in [6, 6.07) is 14.1. The van der Waals surface area contributed by atoms with Crippen LogP contribution in [-0.4, -0.2) is 26.0 Å². The maximum atomic E-state index is 13.2. The number of halogens is 4. The number of carboxylic acid groups (broad SMARTS) is 1. The third-order valence-corrected chi connectivity index (χ3v) is 7.21. The Hall–Kier alpha value is -3.39. The van der Waals surface area contributed by atoms with Crippen molar-refractivity contribution in [1.29, 1.82) is 0 Å². The number of aliphatic carboxylic acids is 1. The fourth-order valence-corrected chi connectivity index (χ4v) is 5.23. The van der Waals surface area contributed by atoms with Gasteiger partial charge in [-0.2, -0.15) is 13.2 Å². The Labute approximate surface area is 210 Å². The van der Waals surface area contributed by atoms with Crippen molar-refractivity contribution in [3.05, 3.63) is 70.9 Å². The SMILES string of the molecule is O=C(O)CC1CCC(c2ccc(-c3ccc(-c4nc5cc(Cl)c(C(F)(F)F)cc5[nH]4)cn3)cc2)CC1. The molecule has 1 saturated carbocycles. The number of benzene rings is 2. The van der Waals surface area contributed by atoms with Gasteiger partial charge in [0.05, 0.1) is 27.3 Å². The number of fused-ring (bicyclic) bond motifs is 1. The average molecular weight is 514 g/mol. The lowest BCUT2D eigenvalue weighted by atomic mass is 9.77. The van der Waals surface area contributed by atoms with E-state index in [9.17, 15) is 18.0 Å². The maximum Gasteiger partial charge on any atom is 0.417 e. The number of H-pyrrole nitrogens is 1. The minimum absolute atomic E-state index is 0.249. The summed E-state index contributed by atoms with van der Waals surface area (Å²) in [7, 11) is 0. The van der Waals surface area contributed by atoms with Crippen LogP contribution in [0.15, 0.2) is 54.7 Å². The number of pyridine rings is 1. The van der Waals surface area contributed by atoms with Crippen LogP contribution >= 0.6 is 11.6 Å². The van der Waals surface area contributed by atoms with Gasteiger partial charge in [0.25, 0.3) is 0 Å². The molecule has 0 bridgehead atoms. The second-order valence-corrected chi connectivity index (χ2v) is 9.71. The van der Waals surface area contributed by atoms with Crippen molar-refractivity contribution in [2.75, 3.05) is 0 Å². The first-order valence-electron chi connectivity index (χ1n) is 11.7. The van der Waals surface area contributed by atoms with E-state index >= 15 is 0 Å². The largest absolute Gasteiger partial charge is 0.481 e. The molecule has 2 heterocycles. The molecule has 2 aromatic carbocycles. The smallest absolute Gasteiger partial charge is 0.417 e. The van der Waals surface area contributed by atoms with E-state index in [-0.39, 0.29) is 17.9 Å². The average Bonchev–Trinajstić information content (AvgIpc) is 3.26. The molecule has 0 unspecified atom stereocenters. The third kappa shape index (κ3) is 5.09. The molecule has 1 aliphatic rings. The third-order valence-electron chi connectivity index (χ3n) is 6.90. The number of hydrogen-bond donors (Lipinski definition) is 2. The monoisotopic (exact) mass is 513 g/mol. The standard InChI is InChI=1S/C27H23ClF3N3O2/c28-21-13-24-23(12-20(21)27(29,30)31)33-26(34-24)19-9-10-22(32-14-19)18-7-5-17(6-8-18)16-3-1-15(2-4-16)11-25(35)36/h5-10,12-16H,1-4,11H2,(H,33,34)(H,35,36). The summed E-state index contributed by atoms with van der Waals surface area (Å²) in [5.74, 6) is 0.407. The number of nitrogens with one attached hydrogen (secondary N) is 1. The first-order chi connectivity index (χ1) is 17.2. The summed E-state index contributed by atoms with van der Waals surface area (Å²) in [5, 5.41) is 8.61. The van der Waals surface area contributed by atoms with Crippen molar-refractivity contribution in [3.8, 4) is 22.6 Å². The first-order valence-corrected chi connectivity index (χ1v) is 12.1. The van der Waals surface area contributed by atoms with Crippen LogP contribution < -0.4 is 0 Å². The highest BCUT2D eigenvalue weighted by Gasteiger charge is 2.34. The quantitative estimate of drug-likeness (QED) is 0.286.